The summed E-state index contributed by atoms with van der Waals surface area (Å²) in [5.41, 5.74) is 0.549. The summed E-state index contributed by atoms with van der Waals surface area (Å²) in [6, 6.07) is 6.45. The minimum atomic E-state index is -2.27. The van der Waals surface area contributed by atoms with E-state index in [0.717, 1.165) is 11.8 Å². The SMILES string of the molecule is O=C([O-])CCc1cccc(SCC2O[C@@H]3O[C@@H]4C(CO)O[C@H](O[C@@H]5C(CO)O[C@H](O[C@@H]6C(CO)O[C@H](O[C@@H]7C(CO)O[C@H](O[C@@H]8C(CO)O[C@H](O[C@@H]9C(CO)O[C@H](O[C@@H]%10C(CO)O[C@H](O[C@H]2C(O)C3O)C(O)C%10O)C(O)C9O)C(O)C8O)C(O)C7O)C(O)C6O)C(O)C5O)C(O)C4O)c1.[Na+]. The fourth-order valence-corrected chi connectivity index (χ4v) is 14.1. The number of aliphatic hydroxyl groups excluding tert-OH is 23. The van der Waals surface area contributed by atoms with E-state index in [1.54, 1.807) is 24.3 Å². The van der Waals surface area contributed by atoms with Gasteiger partial charge in [0.15, 0.2) is 50.3 Å². The van der Waals surface area contributed by atoms with Crippen LogP contribution in [0.4, 0.5) is 0 Å². The van der Waals surface area contributed by atoms with Crippen LogP contribution in [-0.2, 0) is 87.0 Å². The van der Waals surface area contributed by atoms with Gasteiger partial charge in [0.05, 0.1) is 52.4 Å². The van der Waals surface area contributed by atoms with E-state index in [2.05, 4.69) is 0 Å². The number of carbonyl (C=O) groups is 1. The standard InChI is InChI=1S/C57H88O41S.Na/c58-7-17-42-26(67)34(75)50(83-17)92-43-18(8-59)85-52(36(77)28(43)69)94-45-20(10-61)87-54(38(79)30(45)71)96-47-22(12-63)89-56(40(81)32(47)73)98-49-24(14-99-16-3-1-2-15(6-16)4-5-25(65)66)90-57(41(82)33(49)74)97-48-23(13-64)88-55(39(80)31(48)72)95-46-21(11-62)86-53(37(78)29(46)70)93-44-19(9-60)84-51(91-42)35(76)27(44)68;/h1-3,6,17-24,26-64,67-82H,4-5,7-14H2,(H,65,66);/q;+1/p-1/t17?,18?,19?,20?,21?,22?,23?,24?,26?,27?,28?,29?,30?,31?,32?,33?,34?,35?,36?,37?,38?,39?,40?,41?,42-,43-,44-,45-,46-,47-,48-,49-,50-,51-,52-,53-,54-,55-,56-,57-;/m1./s1. The van der Waals surface area contributed by atoms with E-state index >= 15 is 0 Å². The van der Waals surface area contributed by atoms with Crippen molar-refractivity contribution in [1.29, 1.82) is 0 Å². The van der Waals surface area contributed by atoms with E-state index in [-0.39, 0.29) is 48.2 Å². The predicted molar refractivity (Wildman–Crippen MR) is 304 cm³/mol. The molecule has 30 fully saturated rings. The number of hydrogen-bond acceptors (Lipinski definition) is 42. The first-order valence-electron chi connectivity index (χ1n) is 31.7. The van der Waals surface area contributed by atoms with Crippen molar-refractivity contribution in [2.24, 2.45) is 0 Å². The Hall–Kier alpha value is -1.52. The van der Waals surface area contributed by atoms with Crippen LogP contribution in [0.5, 0.6) is 0 Å². The van der Waals surface area contributed by atoms with Crippen LogP contribution in [-0.4, -0.2) is 421 Å². The Kier molecular flexibility index (Phi) is 29.8. The maximum Gasteiger partial charge on any atom is 1.00 e. The fraction of sp³-hybridized carbons (Fsp3) is 0.877. The van der Waals surface area contributed by atoms with E-state index in [0.29, 0.717) is 10.5 Å². The molecule has 24 unspecified atom stereocenters. The average molecular weight is 1480 g/mol. The molecular formula is C57H87NaO41S. The Morgan fingerprint density at radius 2 is 0.510 bits per heavy atom. The van der Waals surface area contributed by atoms with E-state index in [9.17, 15) is 127 Å². The molecule has 0 spiro atoms. The molecule has 0 aliphatic carbocycles. The molecule has 0 aromatic heterocycles. The zero-order valence-corrected chi connectivity index (χ0v) is 55.8. The van der Waals surface area contributed by atoms with Gasteiger partial charge in [-0.25, -0.2) is 0 Å². The first-order chi connectivity index (χ1) is 47.2. The van der Waals surface area contributed by atoms with Crippen LogP contribution in [0.1, 0.15) is 12.0 Å². The number of thioether (sulfide) groups is 1. The van der Waals surface area contributed by atoms with Crippen LogP contribution in [0.2, 0.25) is 0 Å². The quantitative estimate of drug-likeness (QED) is 0.0644. The maximum atomic E-state index is 12.0. The number of rotatable bonds is 13. The third kappa shape index (κ3) is 17.5. The van der Waals surface area contributed by atoms with Gasteiger partial charge in [-0.05, 0) is 30.5 Å². The minimum Gasteiger partial charge on any atom is -0.550 e. The van der Waals surface area contributed by atoms with Crippen molar-refractivity contribution in [3.05, 3.63) is 29.8 Å². The van der Waals surface area contributed by atoms with Gasteiger partial charge in [0.2, 0.25) is 0 Å². The van der Waals surface area contributed by atoms with Gasteiger partial charge >= 0.3 is 29.6 Å². The van der Waals surface area contributed by atoms with Crippen molar-refractivity contribution < 1.29 is 233 Å². The second-order valence-corrected chi connectivity index (χ2v) is 26.2. The Labute approximate surface area is 593 Å². The van der Waals surface area contributed by atoms with Crippen LogP contribution >= 0.6 is 11.8 Å². The molecule has 100 heavy (non-hydrogen) atoms. The molecular weight excluding hydrogens is 1400 g/mol. The van der Waals surface area contributed by atoms with Gasteiger partial charge in [-0.1, -0.05) is 12.1 Å². The van der Waals surface area contributed by atoms with Gasteiger partial charge in [-0.2, -0.15) is 0 Å². The Morgan fingerprint density at radius 1 is 0.310 bits per heavy atom. The molecule has 0 saturated carbocycles. The molecule has 1 aromatic rings. The van der Waals surface area contributed by atoms with Crippen molar-refractivity contribution in [3.63, 3.8) is 0 Å². The summed E-state index contributed by atoms with van der Waals surface area (Å²) in [4.78, 5) is 11.8. The van der Waals surface area contributed by atoms with E-state index in [1.165, 1.54) is 0 Å². The number of carboxylic acid groups (broad SMARTS) is 1. The molecule has 41 nitrogen and oxygen atoms in total. The molecule has 30 heterocycles. The van der Waals surface area contributed by atoms with Gasteiger partial charge in [0, 0.05) is 16.6 Å². The molecule has 31 rings (SSSR count). The van der Waals surface area contributed by atoms with Crippen molar-refractivity contribution in [3.8, 4) is 0 Å². The summed E-state index contributed by atoms with van der Waals surface area (Å²) < 4.78 is 93.1. The minimum absolute atomic E-state index is 0. The van der Waals surface area contributed by atoms with Crippen molar-refractivity contribution in [2.45, 2.75) is 263 Å². The first kappa shape index (κ1) is 82.5. The first-order valence-corrected chi connectivity index (χ1v) is 32.7. The predicted octanol–water partition coefficient (Wildman–Crippen LogP) is -18.9. The second kappa shape index (κ2) is 36.1. The topological polar surface area (TPSA) is 653 Å². The monoisotopic (exact) mass is 1480 g/mol. The van der Waals surface area contributed by atoms with E-state index in [4.69, 9.17) is 75.8 Å². The molecule has 568 valence electrons. The van der Waals surface area contributed by atoms with Gasteiger partial charge in [-0.15, -0.1) is 11.8 Å². The average Bonchev–Trinajstić information content (AvgIpc) is 0.777. The number of ether oxygens (including phenoxy) is 16. The van der Waals surface area contributed by atoms with Crippen LogP contribution in [0.25, 0.3) is 0 Å². The number of aryl methyl sites for hydroxylation is 1. The Balaban J connectivity index is 0.0000117. The van der Waals surface area contributed by atoms with Gasteiger partial charge in [-0.3, -0.25) is 0 Å². The summed E-state index contributed by atoms with van der Waals surface area (Å²) in [7, 11) is 0. The van der Waals surface area contributed by atoms with Crippen molar-refractivity contribution in [2.75, 3.05) is 52.0 Å². The van der Waals surface area contributed by atoms with Crippen molar-refractivity contribution >= 4 is 17.7 Å². The molecule has 23 N–H and O–H groups in total. The van der Waals surface area contributed by atoms with Crippen molar-refractivity contribution in [1.82, 2.24) is 0 Å². The molecule has 0 amide bonds. The van der Waals surface area contributed by atoms with Gasteiger partial charge in [0.1, 0.15) is 189 Å². The molecule has 30 saturated heterocycles. The zero-order valence-electron chi connectivity index (χ0n) is 53.0. The zero-order chi connectivity index (χ0) is 71.7. The second-order valence-electron chi connectivity index (χ2n) is 25.1. The molecule has 30 aliphatic heterocycles. The molecule has 40 atom stereocenters. The smallest absolute Gasteiger partial charge is 0.550 e. The number of carbonyl (C=O) groups excluding carboxylic acids is 1. The Morgan fingerprint density at radius 3 is 0.710 bits per heavy atom. The number of carboxylic acids is 1. The molecule has 16 bridgehead atoms. The van der Waals surface area contributed by atoms with Crippen LogP contribution in [0.15, 0.2) is 29.2 Å². The third-order valence-corrected chi connectivity index (χ3v) is 19.7. The number of aliphatic hydroxyl groups is 23. The molecule has 43 heteroatoms. The third-order valence-electron chi connectivity index (χ3n) is 18.6. The fourth-order valence-electron chi connectivity index (χ4n) is 13.1. The molecule has 1 aromatic carbocycles. The summed E-state index contributed by atoms with van der Waals surface area (Å²) in [6.07, 6.45) is -82.5. The molecule has 30 aliphatic rings. The molecule has 0 radical (unpaired) electrons. The Bertz CT molecular complexity index is 2680. The van der Waals surface area contributed by atoms with E-state index < -0.39 is 298 Å². The normalized spacial score (nSPS) is 50.0. The summed E-state index contributed by atoms with van der Waals surface area (Å²) in [6.45, 7) is -7.63. The van der Waals surface area contributed by atoms with Crippen LogP contribution in [0.3, 0.4) is 0 Å². The summed E-state index contributed by atoms with van der Waals surface area (Å²) >= 11 is 1.00. The maximum absolute atomic E-state index is 12.0. The largest absolute Gasteiger partial charge is 1.00 e. The number of benzene rings is 1. The number of aliphatic carboxylic acids is 1. The van der Waals surface area contributed by atoms with Crippen LogP contribution in [0, 0.1) is 0 Å². The van der Waals surface area contributed by atoms with E-state index in [1.807, 2.05) is 0 Å². The van der Waals surface area contributed by atoms with Crippen LogP contribution < -0.4 is 34.7 Å². The summed E-state index contributed by atoms with van der Waals surface area (Å²) in [5.74, 6) is -1.63. The summed E-state index contributed by atoms with van der Waals surface area (Å²) in [5, 5.41) is 270. The van der Waals surface area contributed by atoms with Gasteiger partial charge in [0.25, 0.3) is 0 Å². The number of hydrogen-bond donors (Lipinski definition) is 23. The van der Waals surface area contributed by atoms with Gasteiger partial charge < -0.3 is 203 Å².